The van der Waals surface area contributed by atoms with E-state index >= 15 is 0 Å². The molecule has 0 aliphatic heterocycles. The van der Waals surface area contributed by atoms with Gasteiger partial charge in [0.15, 0.2) is 0 Å². The second-order valence-corrected chi connectivity index (χ2v) is 6.46. The predicted octanol–water partition coefficient (Wildman–Crippen LogP) is 2.21. The van der Waals surface area contributed by atoms with Crippen molar-refractivity contribution in [3.63, 3.8) is 0 Å². The molecule has 1 heterocycles. The Balaban J connectivity index is 2.41. The average molecular weight is 284 g/mol. The van der Waals surface area contributed by atoms with Crippen LogP contribution in [0.25, 0.3) is 0 Å². The lowest BCUT2D eigenvalue weighted by Crippen LogP contribution is -2.29. The van der Waals surface area contributed by atoms with Crippen molar-refractivity contribution in [1.82, 2.24) is 10.3 Å². The lowest BCUT2D eigenvalue weighted by Gasteiger charge is -2.21. The molecular weight excluding hydrogens is 264 g/mol. The number of amides is 1. The van der Waals surface area contributed by atoms with Gasteiger partial charge in [-0.15, -0.1) is 11.3 Å². The van der Waals surface area contributed by atoms with Crippen molar-refractivity contribution in [2.75, 3.05) is 0 Å². The van der Waals surface area contributed by atoms with Crippen molar-refractivity contribution < 1.29 is 14.7 Å². The first-order chi connectivity index (χ1) is 8.82. The molecule has 0 aliphatic carbocycles. The van der Waals surface area contributed by atoms with E-state index in [1.165, 1.54) is 4.88 Å². The monoisotopic (exact) mass is 284 g/mol. The summed E-state index contributed by atoms with van der Waals surface area (Å²) < 4.78 is 0. The van der Waals surface area contributed by atoms with Gasteiger partial charge in [0, 0.05) is 17.5 Å². The van der Waals surface area contributed by atoms with Crippen LogP contribution in [-0.4, -0.2) is 22.0 Å². The molecule has 1 amide bonds. The van der Waals surface area contributed by atoms with Crippen molar-refractivity contribution >= 4 is 23.2 Å². The molecule has 0 spiro atoms. The number of nitrogens with one attached hydrogen (secondary N) is 1. The lowest BCUT2D eigenvalue weighted by molar-refractivity contribution is -0.139. The minimum absolute atomic E-state index is 0.0162. The smallest absolute Gasteiger partial charge is 0.303 e. The minimum atomic E-state index is -0.884. The molecule has 1 aromatic rings. The number of thiazole rings is 1. The zero-order valence-corrected chi connectivity index (χ0v) is 12.3. The maximum Gasteiger partial charge on any atom is 0.303 e. The Morgan fingerprint density at radius 2 is 2.11 bits per heavy atom. The van der Waals surface area contributed by atoms with Crippen molar-refractivity contribution in [3.05, 3.63) is 16.1 Å². The van der Waals surface area contributed by atoms with E-state index in [1.54, 1.807) is 25.2 Å². The maximum absolute atomic E-state index is 11.8. The number of rotatable bonds is 7. The predicted molar refractivity (Wildman–Crippen MR) is 74.0 cm³/mol. The summed E-state index contributed by atoms with van der Waals surface area (Å²) in [5.74, 6) is -1.02. The molecule has 0 aliphatic rings. The molecular formula is C13H20N2O3S. The molecule has 2 N–H and O–H groups in total. The standard InChI is InChI=1S/C13H20N2O3S/c1-4-9-7-15-11(19-9)8-14-10(16)5-13(2,3)6-12(17)18/h7H,4-6,8H2,1-3H3,(H,14,16)(H,17,18). The largest absolute Gasteiger partial charge is 0.481 e. The van der Waals surface area contributed by atoms with E-state index in [-0.39, 0.29) is 18.7 Å². The third-order valence-electron chi connectivity index (χ3n) is 2.66. The lowest BCUT2D eigenvalue weighted by atomic mass is 9.85. The summed E-state index contributed by atoms with van der Waals surface area (Å²) in [6, 6.07) is 0. The third-order valence-corrected chi connectivity index (χ3v) is 3.80. The molecule has 0 atom stereocenters. The number of aliphatic carboxylic acids is 1. The van der Waals surface area contributed by atoms with Gasteiger partial charge in [0.2, 0.25) is 5.91 Å². The van der Waals surface area contributed by atoms with E-state index < -0.39 is 11.4 Å². The summed E-state index contributed by atoms with van der Waals surface area (Å²) in [6.45, 7) is 6.02. The van der Waals surface area contributed by atoms with Crippen LogP contribution < -0.4 is 5.32 Å². The molecule has 0 fully saturated rings. The molecule has 19 heavy (non-hydrogen) atoms. The Labute approximate surface area is 117 Å². The zero-order valence-electron chi connectivity index (χ0n) is 11.5. The van der Waals surface area contributed by atoms with Gasteiger partial charge in [-0.2, -0.15) is 0 Å². The van der Waals surface area contributed by atoms with Gasteiger partial charge in [-0.05, 0) is 11.8 Å². The molecule has 0 saturated carbocycles. The normalized spacial score (nSPS) is 11.3. The number of aromatic nitrogens is 1. The Kier molecular flexibility index (Phi) is 5.47. The summed E-state index contributed by atoms with van der Waals surface area (Å²) in [5.41, 5.74) is -0.534. The number of aryl methyl sites for hydroxylation is 1. The summed E-state index contributed by atoms with van der Waals surface area (Å²) >= 11 is 1.58. The highest BCUT2D eigenvalue weighted by atomic mass is 32.1. The van der Waals surface area contributed by atoms with Gasteiger partial charge in [0.05, 0.1) is 13.0 Å². The Morgan fingerprint density at radius 3 is 2.63 bits per heavy atom. The van der Waals surface area contributed by atoms with E-state index in [2.05, 4.69) is 17.2 Å². The Hall–Kier alpha value is -1.43. The van der Waals surface area contributed by atoms with Crippen LogP contribution in [0.4, 0.5) is 0 Å². The Bertz CT molecular complexity index is 454. The number of nitrogens with zero attached hydrogens (tertiary/aromatic N) is 1. The highest BCUT2D eigenvalue weighted by Crippen LogP contribution is 2.24. The Morgan fingerprint density at radius 1 is 1.42 bits per heavy atom. The van der Waals surface area contributed by atoms with Crippen molar-refractivity contribution in [2.24, 2.45) is 5.41 Å². The fraction of sp³-hybridized carbons (Fsp3) is 0.615. The highest BCUT2D eigenvalue weighted by Gasteiger charge is 2.25. The molecule has 1 aromatic heterocycles. The summed E-state index contributed by atoms with van der Waals surface area (Å²) in [7, 11) is 0. The van der Waals surface area contributed by atoms with E-state index in [9.17, 15) is 9.59 Å². The second-order valence-electron chi connectivity index (χ2n) is 5.26. The molecule has 6 heteroatoms. The molecule has 0 aromatic carbocycles. The van der Waals surface area contributed by atoms with Gasteiger partial charge in [0.25, 0.3) is 0 Å². The van der Waals surface area contributed by atoms with Gasteiger partial charge in [-0.1, -0.05) is 20.8 Å². The fourth-order valence-corrected chi connectivity index (χ4v) is 2.54. The van der Waals surface area contributed by atoms with Crippen LogP contribution in [0.5, 0.6) is 0 Å². The molecule has 106 valence electrons. The fourth-order valence-electron chi connectivity index (χ4n) is 1.74. The number of carboxylic acid groups (broad SMARTS) is 1. The summed E-state index contributed by atoms with van der Waals surface area (Å²) in [5, 5.41) is 12.4. The molecule has 0 saturated heterocycles. The number of hydrogen-bond donors (Lipinski definition) is 2. The molecule has 0 radical (unpaired) electrons. The number of carbonyl (C=O) groups is 2. The average Bonchev–Trinajstić information content (AvgIpc) is 2.71. The third kappa shape index (κ3) is 5.83. The molecule has 0 bridgehead atoms. The van der Waals surface area contributed by atoms with E-state index in [1.807, 2.05) is 6.20 Å². The van der Waals surface area contributed by atoms with Crippen LogP contribution in [0.15, 0.2) is 6.20 Å². The van der Waals surface area contributed by atoms with Crippen LogP contribution in [0.2, 0.25) is 0 Å². The van der Waals surface area contributed by atoms with Crippen molar-refractivity contribution in [3.8, 4) is 0 Å². The summed E-state index contributed by atoms with van der Waals surface area (Å²) in [4.78, 5) is 27.8. The first-order valence-electron chi connectivity index (χ1n) is 6.24. The first-order valence-corrected chi connectivity index (χ1v) is 7.06. The van der Waals surface area contributed by atoms with E-state index in [4.69, 9.17) is 5.11 Å². The van der Waals surface area contributed by atoms with Crippen LogP contribution in [-0.2, 0) is 22.6 Å². The topological polar surface area (TPSA) is 79.3 Å². The quantitative estimate of drug-likeness (QED) is 0.804. The number of carboxylic acids is 1. The van der Waals surface area contributed by atoms with Gasteiger partial charge in [0.1, 0.15) is 5.01 Å². The van der Waals surface area contributed by atoms with Crippen LogP contribution in [0.3, 0.4) is 0 Å². The van der Waals surface area contributed by atoms with Gasteiger partial charge in [-0.25, -0.2) is 4.98 Å². The van der Waals surface area contributed by atoms with E-state index in [0.29, 0.717) is 6.54 Å². The van der Waals surface area contributed by atoms with Gasteiger partial charge < -0.3 is 10.4 Å². The van der Waals surface area contributed by atoms with E-state index in [0.717, 1.165) is 11.4 Å². The molecule has 1 rings (SSSR count). The number of carbonyl (C=O) groups excluding carboxylic acids is 1. The van der Waals surface area contributed by atoms with Gasteiger partial charge >= 0.3 is 5.97 Å². The molecule has 5 nitrogen and oxygen atoms in total. The van der Waals surface area contributed by atoms with Crippen LogP contribution >= 0.6 is 11.3 Å². The molecule has 0 unspecified atom stereocenters. The highest BCUT2D eigenvalue weighted by molar-refractivity contribution is 7.11. The van der Waals surface area contributed by atoms with Crippen LogP contribution in [0.1, 0.15) is 43.5 Å². The zero-order chi connectivity index (χ0) is 14.5. The van der Waals surface area contributed by atoms with Crippen molar-refractivity contribution in [1.29, 1.82) is 0 Å². The summed E-state index contributed by atoms with van der Waals surface area (Å²) in [6.07, 6.45) is 2.95. The maximum atomic E-state index is 11.8. The second kappa shape index (κ2) is 6.65. The van der Waals surface area contributed by atoms with Crippen molar-refractivity contribution in [2.45, 2.75) is 46.6 Å². The van der Waals surface area contributed by atoms with Crippen LogP contribution in [0, 0.1) is 5.41 Å². The minimum Gasteiger partial charge on any atom is -0.481 e. The first kappa shape index (κ1) is 15.6. The van der Waals surface area contributed by atoms with Gasteiger partial charge in [-0.3, -0.25) is 9.59 Å². The number of hydrogen-bond acceptors (Lipinski definition) is 4. The SMILES string of the molecule is CCc1cnc(CNC(=O)CC(C)(C)CC(=O)O)s1.